The van der Waals surface area contributed by atoms with Crippen molar-refractivity contribution in [2.75, 3.05) is 0 Å². The molecule has 5 nitrogen and oxygen atoms in total. The number of benzene rings is 2. The molecule has 0 aliphatic heterocycles. The van der Waals surface area contributed by atoms with Crippen molar-refractivity contribution in [2.45, 2.75) is 26.5 Å². The Balaban J connectivity index is 1.86. The molecule has 1 heterocycles. The van der Waals surface area contributed by atoms with Gasteiger partial charge in [-0.15, -0.1) is 0 Å². The number of hydrogen-bond donors (Lipinski definition) is 0. The second kappa shape index (κ2) is 8.95. The molecule has 0 N–H and O–H groups in total. The number of nitrogens with zero attached hydrogens (tertiary/aromatic N) is 2. The van der Waals surface area contributed by atoms with E-state index in [1.807, 2.05) is 71.5 Å². The van der Waals surface area contributed by atoms with Crippen LogP contribution < -0.4 is 0 Å². The second-order valence-electron chi connectivity index (χ2n) is 6.51. The summed E-state index contributed by atoms with van der Waals surface area (Å²) in [5, 5.41) is 4.70. The summed E-state index contributed by atoms with van der Waals surface area (Å²) in [4.78, 5) is 23.2. The molecule has 2 aromatic carbocycles. The Morgan fingerprint density at radius 3 is 2.36 bits per heavy atom. The number of esters is 1. The van der Waals surface area contributed by atoms with Crippen LogP contribution >= 0.6 is 0 Å². The molecule has 0 aliphatic carbocycles. The SMILES string of the molecule is CC(=O)C(C)OC(=O)/C=C/c1cn(Cc2ccccc2)nc1-c1ccccc1. The number of hydrogen-bond acceptors (Lipinski definition) is 4. The van der Waals surface area contributed by atoms with Crippen molar-refractivity contribution in [3.63, 3.8) is 0 Å². The Morgan fingerprint density at radius 1 is 1.07 bits per heavy atom. The van der Waals surface area contributed by atoms with E-state index in [1.165, 1.54) is 13.0 Å². The Hall–Kier alpha value is -3.47. The van der Waals surface area contributed by atoms with E-state index >= 15 is 0 Å². The molecule has 1 unspecified atom stereocenters. The minimum absolute atomic E-state index is 0.192. The van der Waals surface area contributed by atoms with Gasteiger partial charge in [0.25, 0.3) is 0 Å². The van der Waals surface area contributed by atoms with E-state index < -0.39 is 12.1 Å². The molecule has 1 aromatic heterocycles. The van der Waals surface area contributed by atoms with Gasteiger partial charge in [-0.1, -0.05) is 60.7 Å². The van der Waals surface area contributed by atoms with Gasteiger partial charge < -0.3 is 4.74 Å². The van der Waals surface area contributed by atoms with E-state index in [9.17, 15) is 9.59 Å². The first-order chi connectivity index (χ1) is 13.5. The van der Waals surface area contributed by atoms with Crippen LogP contribution in [0.15, 0.2) is 72.9 Å². The summed E-state index contributed by atoms with van der Waals surface area (Å²) < 4.78 is 6.93. The van der Waals surface area contributed by atoms with E-state index in [2.05, 4.69) is 0 Å². The monoisotopic (exact) mass is 374 g/mol. The molecular weight excluding hydrogens is 352 g/mol. The predicted octanol–water partition coefficient (Wildman–Crippen LogP) is 4.13. The molecule has 0 radical (unpaired) electrons. The van der Waals surface area contributed by atoms with E-state index in [4.69, 9.17) is 9.84 Å². The van der Waals surface area contributed by atoms with Crippen LogP contribution in [0, 0.1) is 0 Å². The fourth-order valence-electron chi connectivity index (χ4n) is 2.68. The highest BCUT2D eigenvalue weighted by Crippen LogP contribution is 2.23. The largest absolute Gasteiger partial charge is 0.452 e. The maximum Gasteiger partial charge on any atom is 0.331 e. The molecule has 0 saturated carbocycles. The molecule has 3 rings (SSSR count). The Bertz CT molecular complexity index is 976. The smallest absolute Gasteiger partial charge is 0.331 e. The van der Waals surface area contributed by atoms with Crippen LogP contribution in [0.2, 0.25) is 0 Å². The van der Waals surface area contributed by atoms with Crippen LogP contribution in [-0.2, 0) is 20.9 Å². The molecule has 0 spiro atoms. The standard InChI is InChI=1S/C23H22N2O3/c1-17(26)18(2)28-22(27)14-13-21-16-25(15-19-9-5-3-6-10-19)24-23(21)20-11-7-4-8-12-20/h3-14,16,18H,15H2,1-2H3/b14-13+. The molecule has 0 saturated heterocycles. The summed E-state index contributed by atoms with van der Waals surface area (Å²) >= 11 is 0. The fraction of sp³-hybridized carbons (Fsp3) is 0.174. The molecule has 0 aliphatic rings. The lowest BCUT2D eigenvalue weighted by Gasteiger charge is -2.06. The molecule has 5 heteroatoms. The number of aromatic nitrogens is 2. The minimum atomic E-state index is -0.758. The Morgan fingerprint density at radius 2 is 1.71 bits per heavy atom. The highest BCUT2D eigenvalue weighted by molar-refractivity contribution is 5.91. The van der Waals surface area contributed by atoms with E-state index in [0.29, 0.717) is 6.54 Å². The first-order valence-corrected chi connectivity index (χ1v) is 9.09. The van der Waals surface area contributed by atoms with Gasteiger partial charge in [0.15, 0.2) is 11.9 Å². The number of ketones is 1. The molecule has 3 aromatic rings. The van der Waals surface area contributed by atoms with Crippen LogP contribution in [0.25, 0.3) is 17.3 Å². The third-order valence-electron chi connectivity index (χ3n) is 4.29. The van der Waals surface area contributed by atoms with Gasteiger partial charge in [0, 0.05) is 23.4 Å². The maximum absolute atomic E-state index is 12.0. The van der Waals surface area contributed by atoms with Gasteiger partial charge in [0.05, 0.1) is 12.2 Å². The van der Waals surface area contributed by atoms with Crippen molar-refractivity contribution < 1.29 is 14.3 Å². The molecule has 142 valence electrons. The van der Waals surface area contributed by atoms with Gasteiger partial charge in [0.2, 0.25) is 0 Å². The zero-order chi connectivity index (χ0) is 19.9. The number of Topliss-reactive ketones (excluding diaryl/α,β-unsaturated/α-hetero) is 1. The minimum Gasteiger partial charge on any atom is -0.452 e. The maximum atomic E-state index is 12.0. The van der Waals surface area contributed by atoms with Gasteiger partial charge in [-0.3, -0.25) is 9.48 Å². The molecule has 0 bridgehead atoms. The first kappa shape index (κ1) is 19.3. The van der Waals surface area contributed by atoms with Crippen LogP contribution in [0.4, 0.5) is 0 Å². The van der Waals surface area contributed by atoms with E-state index in [1.54, 1.807) is 13.0 Å². The number of rotatable bonds is 7. The van der Waals surface area contributed by atoms with E-state index in [0.717, 1.165) is 22.4 Å². The number of carbonyl (C=O) groups excluding carboxylic acids is 2. The Kier molecular flexibility index (Phi) is 6.17. The highest BCUT2D eigenvalue weighted by Gasteiger charge is 2.13. The van der Waals surface area contributed by atoms with Crippen LogP contribution in [0.1, 0.15) is 25.0 Å². The Labute approximate surface area is 164 Å². The summed E-state index contributed by atoms with van der Waals surface area (Å²) in [6.07, 6.45) is 4.14. The summed E-state index contributed by atoms with van der Waals surface area (Å²) in [6, 6.07) is 19.8. The van der Waals surface area contributed by atoms with Crippen LogP contribution in [0.3, 0.4) is 0 Å². The molecule has 0 fully saturated rings. The van der Waals surface area contributed by atoms with Crippen molar-refractivity contribution in [1.29, 1.82) is 0 Å². The van der Waals surface area contributed by atoms with Gasteiger partial charge >= 0.3 is 5.97 Å². The molecule has 1 atom stereocenters. The third-order valence-corrected chi connectivity index (χ3v) is 4.29. The first-order valence-electron chi connectivity index (χ1n) is 9.09. The molecule has 0 amide bonds. The average molecular weight is 374 g/mol. The number of ether oxygens (including phenoxy) is 1. The van der Waals surface area contributed by atoms with Gasteiger partial charge in [-0.2, -0.15) is 5.10 Å². The molecule has 28 heavy (non-hydrogen) atoms. The summed E-state index contributed by atoms with van der Waals surface area (Å²) in [5.41, 5.74) is 3.67. The highest BCUT2D eigenvalue weighted by atomic mass is 16.5. The summed E-state index contributed by atoms with van der Waals surface area (Å²) in [5.74, 6) is -0.750. The lowest BCUT2D eigenvalue weighted by atomic mass is 10.1. The van der Waals surface area contributed by atoms with Crippen molar-refractivity contribution >= 4 is 17.8 Å². The lowest BCUT2D eigenvalue weighted by Crippen LogP contribution is -2.20. The normalized spacial score (nSPS) is 12.1. The van der Waals surface area contributed by atoms with Crippen molar-refractivity contribution in [3.05, 3.63) is 84.1 Å². The summed E-state index contributed by atoms with van der Waals surface area (Å²) in [7, 11) is 0. The van der Waals surface area contributed by atoms with Gasteiger partial charge in [0.1, 0.15) is 0 Å². The summed E-state index contributed by atoms with van der Waals surface area (Å²) in [6.45, 7) is 3.57. The van der Waals surface area contributed by atoms with Crippen molar-refractivity contribution in [3.8, 4) is 11.3 Å². The lowest BCUT2D eigenvalue weighted by molar-refractivity contribution is -0.148. The average Bonchev–Trinajstić information content (AvgIpc) is 3.10. The fourth-order valence-corrected chi connectivity index (χ4v) is 2.68. The third kappa shape index (κ3) is 5.04. The zero-order valence-corrected chi connectivity index (χ0v) is 15.9. The van der Waals surface area contributed by atoms with Crippen LogP contribution in [-0.4, -0.2) is 27.6 Å². The second-order valence-corrected chi connectivity index (χ2v) is 6.51. The quantitative estimate of drug-likeness (QED) is 0.461. The topological polar surface area (TPSA) is 61.2 Å². The zero-order valence-electron chi connectivity index (χ0n) is 15.9. The molecular formula is C23H22N2O3. The predicted molar refractivity (Wildman–Crippen MR) is 108 cm³/mol. The van der Waals surface area contributed by atoms with Crippen LogP contribution in [0.5, 0.6) is 0 Å². The number of carbonyl (C=O) groups is 2. The van der Waals surface area contributed by atoms with Crippen molar-refractivity contribution in [2.24, 2.45) is 0 Å². The van der Waals surface area contributed by atoms with Crippen molar-refractivity contribution in [1.82, 2.24) is 9.78 Å². The van der Waals surface area contributed by atoms with Gasteiger partial charge in [-0.25, -0.2) is 4.79 Å². The van der Waals surface area contributed by atoms with Gasteiger partial charge in [-0.05, 0) is 25.5 Å². The van der Waals surface area contributed by atoms with E-state index in [-0.39, 0.29) is 5.78 Å².